The van der Waals surface area contributed by atoms with Crippen LogP contribution >= 0.6 is 0 Å². The molecule has 7 heteroatoms. The molecule has 0 bridgehead atoms. The van der Waals surface area contributed by atoms with Crippen LogP contribution in [0.2, 0.25) is 0 Å². The zero-order valence-corrected chi connectivity index (χ0v) is 16.4. The van der Waals surface area contributed by atoms with Gasteiger partial charge >= 0.3 is 5.97 Å². The molecule has 1 heterocycles. The maximum atomic E-state index is 12.0. The quantitative estimate of drug-likeness (QED) is 0.595. The van der Waals surface area contributed by atoms with Crippen LogP contribution in [0.3, 0.4) is 0 Å². The molecule has 1 aromatic rings. The molecule has 1 saturated carbocycles. The van der Waals surface area contributed by atoms with E-state index < -0.39 is 5.97 Å². The summed E-state index contributed by atoms with van der Waals surface area (Å²) in [5.41, 5.74) is 0.707. The van der Waals surface area contributed by atoms with Gasteiger partial charge in [-0.3, -0.25) is 4.79 Å². The third-order valence-corrected chi connectivity index (χ3v) is 5.07. The van der Waals surface area contributed by atoms with E-state index in [1.165, 1.54) is 12.5 Å². The maximum Gasteiger partial charge on any atom is 0.331 e. The molecule has 0 saturated heterocycles. The monoisotopic (exact) mass is 389 g/mol. The lowest BCUT2D eigenvalue weighted by molar-refractivity contribution is -0.144. The molecule has 1 aromatic carbocycles. The summed E-state index contributed by atoms with van der Waals surface area (Å²) >= 11 is 0. The molecule has 2 atom stereocenters. The molecule has 0 radical (unpaired) electrons. The standard InChI is InChI=1S/C21H27NO6/c1-14-5-3-4-6-16(14)22-19(23)13-28-20(24)8-7-15-11-17(25-2)21-18(12-15)26-9-10-27-21/h7-8,11-12,14,16H,3-6,9-10,13H2,1-2H3,(H,22,23)/b8-7+/t14-,16+/m1/s1. The molecule has 1 aliphatic heterocycles. The van der Waals surface area contributed by atoms with Crippen molar-refractivity contribution in [3.05, 3.63) is 23.8 Å². The molecule has 0 spiro atoms. The molecular formula is C21H27NO6. The van der Waals surface area contributed by atoms with Gasteiger partial charge in [0, 0.05) is 12.1 Å². The van der Waals surface area contributed by atoms with Crippen LogP contribution in [0, 0.1) is 5.92 Å². The molecule has 28 heavy (non-hydrogen) atoms. The predicted octanol–water partition coefficient (Wildman–Crippen LogP) is 2.72. The first-order valence-corrected chi connectivity index (χ1v) is 9.68. The Bertz CT molecular complexity index is 727. The number of hydrogen-bond acceptors (Lipinski definition) is 6. The highest BCUT2D eigenvalue weighted by Crippen LogP contribution is 2.40. The summed E-state index contributed by atoms with van der Waals surface area (Å²) in [5, 5.41) is 2.96. The number of esters is 1. The first-order chi connectivity index (χ1) is 13.6. The number of hydrogen-bond donors (Lipinski definition) is 1. The number of carbonyl (C=O) groups excluding carboxylic acids is 2. The molecule has 1 aliphatic carbocycles. The van der Waals surface area contributed by atoms with Crippen LogP contribution in [-0.2, 0) is 14.3 Å². The van der Waals surface area contributed by atoms with E-state index in [2.05, 4.69) is 12.2 Å². The fourth-order valence-corrected chi connectivity index (χ4v) is 3.52. The van der Waals surface area contributed by atoms with Crippen LogP contribution in [0.1, 0.15) is 38.2 Å². The Hall–Kier alpha value is -2.70. The summed E-state index contributed by atoms with van der Waals surface area (Å²) < 4.78 is 21.5. The van der Waals surface area contributed by atoms with Gasteiger partial charge in [0.15, 0.2) is 18.1 Å². The van der Waals surface area contributed by atoms with Crippen molar-refractivity contribution in [2.75, 3.05) is 26.9 Å². The van der Waals surface area contributed by atoms with Crippen molar-refractivity contribution in [3.8, 4) is 17.2 Å². The summed E-state index contributed by atoms with van der Waals surface area (Å²) in [7, 11) is 1.54. The number of benzene rings is 1. The molecular weight excluding hydrogens is 362 g/mol. The fourth-order valence-electron chi connectivity index (χ4n) is 3.52. The molecule has 1 amide bonds. The fraction of sp³-hybridized carbons (Fsp3) is 0.524. The number of carbonyl (C=O) groups is 2. The number of methoxy groups -OCH3 is 1. The Morgan fingerprint density at radius 1 is 1.21 bits per heavy atom. The highest BCUT2D eigenvalue weighted by atomic mass is 16.6. The van der Waals surface area contributed by atoms with Gasteiger partial charge in [-0.05, 0) is 42.5 Å². The average Bonchev–Trinajstić information content (AvgIpc) is 2.71. The first-order valence-electron chi connectivity index (χ1n) is 9.68. The van der Waals surface area contributed by atoms with Gasteiger partial charge in [-0.2, -0.15) is 0 Å². The van der Waals surface area contributed by atoms with E-state index in [4.69, 9.17) is 18.9 Å². The highest BCUT2D eigenvalue weighted by Gasteiger charge is 2.23. The van der Waals surface area contributed by atoms with E-state index in [0.29, 0.717) is 41.9 Å². The van der Waals surface area contributed by atoms with Crippen molar-refractivity contribution in [1.29, 1.82) is 0 Å². The Labute approximate surface area is 165 Å². The second-order valence-corrected chi connectivity index (χ2v) is 7.12. The second kappa shape index (κ2) is 9.48. The minimum Gasteiger partial charge on any atom is -0.493 e. The van der Waals surface area contributed by atoms with Crippen LogP contribution < -0.4 is 19.5 Å². The van der Waals surface area contributed by atoms with E-state index in [1.807, 2.05) is 0 Å². The van der Waals surface area contributed by atoms with E-state index in [9.17, 15) is 9.59 Å². The van der Waals surface area contributed by atoms with E-state index in [0.717, 1.165) is 19.3 Å². The number of fused-ring (bicyclic) bond motifs is 1. The number of amides is 1. The van der Waals surface area contributed by atoms with Gasteiger partial charge in [-0.1, -0.05) is 19.8 Å². The zero-order valence-electron chi connectivity index (χ0n) is 16.4. The van der Waals surface area contributed by atoms with Gasteiger partial charge in [-0.25, -0.2) is 4.79 Å². The van der Waals surface area contributed by atoms with Crippen molar-refractivity contribution in [2.45, 2.75) is 38.6 Å². The normalized spacial score (nSPS) is 21.2. The summed E-state index contributed by atoms with van der Waals surface area (Å²) in [6.07, 6.45) is 7.29. The Balaban J connectivity index is 1.51. The van der Waals surface area contributed by atoms with Crippen LogP contribution in [0.5, 0.6) is 17.2 Å². The third-order valence-electron chi connectivity index (χ3n) is 5.07. The maximum absolute atomic E-state index is 12.0. The van der Waals surface area contributed by atoms with Crippen molar-refractivity contribution < 1.29 is 28.5 Å². The van der Waals surface area contributed by atoms with Crippen LogP contribution in [-0.4, -0.2) is 44.8 Å². The Morgan fingerprint density at radius 3 is 2.79 bits per heavy atom. The van der Waals surface area contributed by atoms with E-state index in [-0.39, 0.29) is 18.6 Å². The number of nitrogens with one attached hydrogen (secondary N) is 1. The summed E-state index contributed by atoms with van der Waals surface area (Å²) in [6, 6.07) is 3.67. The molecule has 2 aliphatic rings. The van der Waals surface area contributed by atoms with Gasteiger partial charge in [0.25, 0.3) is 5.91 Å². The highest BCUT2D eigenvalue weighted by molar-refractivity contribution is 5.89. The second-order valence-electron chi connectivity index (χ2n) is 7.12. The SMILES string of the molecule is COc1cc(/C=C/C(=O)OCC(=O)N[C@H]2CCCC[C@H]2C)cc2c1OCCO2. The lowest BCUT2D eigenvalue weighted by Gasteiger charge is -2.29. The summed E-state index contributed by atoms with van der Waals surface area (Å²) in [4.78, 5) is 24.0. The molecule has 152 valence electrons. The lowest BCUT2D eigenvalue weighted by atomic mass is 9.86. The molecule has 1 fully saturated rings. The summed E-state index contributed by atoms with van der Waals surface area (Å²) in [6.45, 7) is 2.78. The average molecular weight is 389 g/mol. The van der Waals surface area contributed by atoms with Gasteiger partial charge in [0.2, 0.25) is 5.75 Å². The predicted molar refractivity (Wildman–Crippen MR) is 104 cm³/mol. The third kappa shape index (κ3) is 5.18. The summed E-state index contributed by atoms with van der Waals surface area (Å²) in [5.74, 6) is 1.27. The minimum atomic E-state index is -0.583. The first kappa shape index (κ1) is 20.0. The van der Waals surface area contributed by atoms with Crippen LogP contribution in [0.4, 0.5) is 0 Å². The Kier molecular flexibility index (Phi) is 6.79. The minimum absolute atomic E-state index is 0.167. The largest absolute Gasteiger partial charge is 0.493 e. The smallest absolute Gasteiger partial charge is 0.331 e. The molecule has 3 rings (SSSR count). The van der Waals surface area contributed by atoms with Gasteiger partial charge in [-0.15, -0.1) is 0 Å². The van der Waals surface area contributed by atoms with Gasteiger partial charge in [0.05, 0.1) is 7.11 Å². The topological polar surface area (TPSA) is 83.1 Å². The van der Waals surface area contributed by atoms with Crippen molar-refractivity contribution in [1.82, 2.24) is 5.32 Å². The van der Waals surface area contributed by atoms with Gasteiger partial charge < -0.3 is 24.3 Å². The molecule has 0 aromatic heterocycles. The van der Waals surface area contributed by atoms with Crippen LogP contribution in [0.15, 0.2) is 18.2 Å². The molecule has 7 nitrogen and oxygen atoms in total. The van der Waals surface area contributed by atoms with Crippen LogP contribution in [0.25, 0.3) is 6.08 Å². The van der Waals surface area contributed by atoms with E-state index >= 15 is 0 Å². The van der Waals surface area contributed by atoms with Gasteiger partial charge in [0.1, 0.15) is 13.2 Å². The van der Waals surface area contributed by atoms with Crippen molar-refractivity contribution in [2.24, 2.45) is 5.92 Å². The lowest BCUT2D eigenvalue weighted by Crippen LogP contribution is -2.42. The van der Waals surface area contributed by atoms with Crippen molar-refractivity contribution >= 4 is 18.0 Å². The van der Waals surface area contributed by atoms with Crippen molar-refractivity contribution in [3.63, 3.8) is 0 Å². The molecule has 1 N–H and O–H groups in total. The zero-order chi connectivity index (χ0) is 19.9. The van der Waals surface area contributed by atoms with E-state index in [1.54, 1.807) is 25.3 Å². The number of ether oxygens (including phenoxy) is 4. The molecule has 0 unspecified atom stereocenters. The number of rotatable bonds is 6. The Morgan fingerprint density at radius 2 is 2.00 bits per heavy atom.